The number of benzene rings is 1. The third kappa shape index (κ3) is 4.68. The Morgan fingerprint density at radius 3 is 2.48 bits per heavy atom. The SMILES string of the molecule is CC(=O)c1c(C)[nH]c(C(=O)[C@H](C)N(C)CC(=O)Nc2cccc(F)c2)c1C. The lowest BCUT2D eigenvalue weighted by molar-refractivity contribution is -0.117. The molecule has 0 unspecified atom stereocenters. The van der Waals surface area contributed by atoms with E-state index in [0.717, 1.165) is 0 Å². The zero-order valence-corrected chi connectivity index (χ0v) is 16.1. The Morgan fingerprint density at radius 1 is 1.26 bits per heavy atom. The predicted molar refractivity (Wildman–Crippen MR) is 102 cm³/mol. The molecule has 0 aliphatic heterocycles. The Morgan fingerprint density at radius 2 is 1.93 bits per heavy atom. The molecule has 0 radical (unpaired) electrons. The molecule has 1 heterocycles. The Balaban J connectivity index is 2.07. The van der Waals surface area contributed by atoms with Gasteiger partial charge in [0.05, 0.1) is 18.3 Å². The molecule has 0 aliphatic rings. The normalized spacial score (nSPS) is 12.1. The number of halogens is 1. The lowest BCUT2D eigenvalue weighted by atomic mass is 10.0. The molecule has 1 aromatic carbocycles. The van der Waals surface area contributed by atoms with E-state index in [9.17, 15) is 18.8 Å². The Bertz CT molecular complexity index is 889. The van der Waals surface area contributed by atoms with Crippen molar-refractivity contribution in [3.05, 3.63) is 52.6 Å². The fraction of sp³-hybridized carbons (Fsp3) is 0.350. The zero-order valence-electron chi connectivity index (χ0n) is 16.1. The number of likely N-dealkylation sites (N-methyl/N-ethyl adjacent to an activating group) is 1. The van der Waals surface area contributed by atoms with E-state index >= 15 is 0 Å². The molecule has 2 N–H and O–H groups in total. The van der Waals surface area contributed by atoms with E-state index in [4.69, 9.17) is 0 Å². The summed E-state index contributed by atoms with van der Waals surface area (Å²) in [5.74, 6) is -1.10. The van der Waals surface area contributed by atoms with Crippen molar-refractivity contribution in [3.8, 4) is 0 Å². The molecule has 1 amide bonds. The van der Waals surface area contributed by atoms with Crippen LogP contribution in [0.5, 0.6) is 0 Å². The minimum atomic E-state index is -0.584. The number of carbonyl (C=O) groups is 3. The highest BCUT2D eigenvalue weighted by Crippen LogP contribution is 2.20. The van der Waals surface area contributed by atoms with Crippen molar-refractivity contribution in [2.24, 2.45) is 0 Å². The lowest BCUT2D eigenvalue weighted by Crippen LogP contribution is -2.41. The summed E-state index contributed by atoms with van der Waals surface area (Å²) in [7, 11) is 1.66. The number of H-pyrrole nitrogens is 1. The van der Waals surface area contributed by atoms with E-state index in [1.165, 1.54) is 25.1 Å². The number of amides is 1. The molecule has 2 rings (SSSR count). The topological polar surface area (TPSA) is 82.3 Å². The van der Waals surface area contributed by atoms with Crippen molar-refractivity contribution >= 4 is 23.2 Å². The van der Waals surface area contributed by atoms with Gasteiger partial charge in [-0.3, -0.25) is 19.3 Å². The van der Waals surface area contributed by atoms with Gasteiger partial charge in [0.2, 0.25) is 5.91 Å². The van der Waals surface area contributed by atoms with Crippen molar-refractivity contribution in [1.82, 2.24) is 9.88 Å². The number of Topliss-reactive ketones (excluding diaryl/α,β-unsaturated/α-hetero) is 2. The molecule has 0 bridgehead atoms. The second kappa shape index (κ2) is 8.26. The number of aryl methyl sites for hydroxylation is 1. The van der Waals surface area contributed by atoms with E-state index in [0.29, 0.717) is 28.2 Å². The maximum Gasteiger partial charge on any atom is 0.238 e. The molecule has 0 spiro atoms. The van der Waals surface area contributed by atoms with Crippen LogP contribution in [0.3, 0.4) is 0 Å². The third-order valence-corrected chi connectivity index (χ3v) is 4.58. The summed E-state index contributed by atoms with van der Waals surface area (Å²) in [5.41, 5.74) is 2.53. The zero-order chi connectivity index (χ0) is 20.3. The van der Waals surface area contributed by atoms with Crippen LogP contribution in [-0.2, 0) is 4.79 Å². The van der Waals surface area contributed by atoms with Crippen molar-refractivity contribution in [3.63, 3.8) is 0 Å². The highest BCUT2D eigenvalue weighted by molar-refractivity contribution is 6.05. The molecule has 0 fully saturated rings. The number of rotatable bonds is 7. The van der Waals surface area contributed by atoms with Gasteiger partial charge in [0.15, 0.2) is 11.6 Å². The van der Waals surface area contributed by atoms with Crippen LogP contribution in [0.4, 0.5) is 10.1 Å². The van der Waals surface area contributed by atoms with Gasteiger partial charge in [-0.2, -0.15) is 0 Å². The van der Waals surface area contributed by atoms with Gasteiger partial charge in [0.25, 0.3) is 0 Å². The van der Waals surface area contributed by atoms with Crippen LogP contribution in [0.25, 0.3) is 0 Å². The number of ketones is 2. The van der Waals surface area contributed by atoms with Crippen LogP contribution in [-0.4, -0.2) is 47.0 Å². The summed E-state index contributed by atoms with van der Waals surface area (Å²) >= 11 is 0. The van der Waals surface area contributed by atoms with E-state index in [1.54, 1.807) is 38.8 Å². The average Bonchev–Trinajstić information content (AvgIpc) is 2.87. The Kier molecular flexibility index (Phi) is 6.28. The monoisotopic (exact) mass is 373 g/mol. The number of carbonyl (C=O) groups excluding carboxylic acids is 3. The van der Waals surface area contributed by atoms with Gasteiger partial charge in [-0.05, 0) is 58.5 Å². The number of nitrogens with one attached hydrogen (secondary N) is 2. The van der Waals surface area contributed by atoms with Gasteiger partial charge in [-0.15, -0.1) is 0 Å². The van der Waals surface area contributed by atoms with Gasteiger partial charge in [0, 0.05) is 16.9 Å². The minimum absolute atomic E-state index is 0.0400. The fourth-order valence-corrected chi connectivity index (χ4v) is 3.06. The van der Waals surface area contributed by atoms with Gasteiger partial charge < -0.3 is 10.3 Å². The maximum atomic E-state index is 13.2. The first-order valence-electron chi connectivity index (χ1n) is 8.61. The van der Waals surface area contributed by atoms with Gasteiger partial charge in [0.1, 0.15) is 5.82 Å². The average molecular weight is 373 g/mol. The van der Waals surface area contributed by atoms with E-state index < -0.39 is 11.9 Å². The number of hydrogen-bond acceptors (Lipinski definition) is 4. The van der Waals surface area contributed by atoms with Crippen LogP contribution in [0.1, 0.15) is 46.0 Å². The molecule has 1 atom stereocenters. The second-order valence-corrected chi connectivity index (χ2v) is 6.70. The number of anilines is 1. The first-order chi connectivity index (χ1) is 12.6. The lowest BCUT2D eigenvalue weighted by Gasteiger charge is -2.23. The van der Waals surface area contributed by atoms with Crippen LogP contribution in [0.2, 0.25) is 0 Å². The van der Waals surface area contributed by atoms with Crippen molar-refractivity contribution in [2.45, 2.75) is 33.7 Å². The number of aromatic nitrogens is 1. The molecule has 27 heavy (non-hydrogen) atoms. The standard InChI is InChI=1S/C20H24FN3O3/c1-11-18(14(4)25)12(2)22-19(11)20(27)13(3)24(5)10-17(26)23-16-8-6-7-15(21)9-16/h6-9,13,22H,10H2,1-5H3,(H,23,26)/t13-/m0/s1. The first-order valence-corrected chi connectivity index (χ1v) is 8.61. The van der Waals surface area contributed by atoms with Gasteiger partial charge >= 0.3 is 0 Å². The highest BCUT2D eigenvalue weighted by atomic mass is 19.1. The first kappa shape index (κ1) is 20.5. The molecule has 144 valence electrons. The quantitative estimate of drug-likeness (QED) is 0.731. The molecule has 6 nitrogen and oxygen atoms in total. The van der Waals surface area contributed by atoms with Gasteiger partial charge in [-0.25, -0.2) is 4.39 Å². The van der Waals surface area contributed by atoms with Crippen molar-refractivity contribution < 1.29 is 18.8 Å². The van der Waals surface area contributed by atoms with Crippen molar-refractivity contribution in [2.75, 3.05) is 18.9 Å². The maximum absolute atomic E-state index is 13.2. The molecular formula is C20H24FN3O3. The Labute approximate surface area is 157 Å². The number of hydrogen-bond donors (Lipinski definition) is 2. The summed E-state index contributed by atoms with van der Waals surface area (Å²) in [6.45, 7) is 6.60. The smallest absolute Gasteiger partial charge is 0.238 e. The summed E-state index contributed by atoms with van der Waals surface area (Å²) in [6.07, 6.45) is 0. The van der Waals surface area contributed by atoms with Crippen LogP contribution in [0.15, 0.2) is 24.3 Å². The molecule has 0 saturated carbocycles. The predicted octanol–water partition coefficient (Wildman–Crippen LogP) is 3.11. The van der Waals surface area contributed by atoms with E-state index in [2.05, 4.69) is 10.3 Å². The second-order valence-electron chi connectivity index (χ2n) is 6.70. The molecule has 7 heteroatoms. The largest absolute Gasteiger partial charge is 0.355 e. The third-order valence-electron chi connectivity index (χ3n) is 4.58. The number of aromatic amines is 1. The van der Waals surface area contributed by atoms with E-state index in [1.807, 2.05) is 0 Å². The van der Waals surface area contributed by atoms with Crippen LogP contribution in [0, 0.1) is 19.7 Å². The fourth-order valence-electron chi connectivity index (χ4n) is 3.06. The minimum Gasteiger partial charge on any atom is -0.355 e. The van der Waals surface area contributed by atoms with Gasteiger partial charge in [-0.1, -0.05) is 6.07 Å². The molecule has 1 aromatic heterocycles. The summed E-state index contributed by atoms with van der Waals surface area (Å²) in [5, 5.41) is 2.60. The molecular weight excluding hydrogens is 349 g/mol. The van der Waals surface area contributed by atoms with Crippen LogP contribution >= 0.6 is 0 Å². The van der Waals surface area contributed by atoms with Crippen molar-refractivity contribution in [1.29, 1.82) is 0 Å². The summed E-state index contributed by atoms with van der Waals surface area (Å²) in [4.78, 5) is 41.3. The van der Waals surface area contributed by atoms with Crippen LogP contribution < -0.4 is 5.32 Å². The molecule has 0 saturated heterocycles. The summed E-state index contributed by atoms with van der Waals surface area (Å²) < 4.78 is 13.2. The molecule has 2 aromatic rings. The number of nitrogens with zero attached hydrogens (tertiary/aromatic N) is 1. The highest BCUT2D eigenvalue weighted by Gasteiger charge is 2.26. The summed E-state index contributed by atoms with van der Waals surface area (Å²) in [6, 6.07) is 5.02. The Hall–Kier alpha value is -2.80. The van der Waals surface area contributed by atoms with E-state index in [-0.39, 0.29) is 24.0 Å². The molecule has 0 aliphatic carbocycles.